The third-order valence-electron chi connectivity index (χ3n) is 9.16. The Balaban J connectivity index is 1.15. The summed E-state index contributed by atoms with van der Waals surface area (Å²) >= 11 is 0. The zero-order valence-electron chi connectivity index (χ0n) is 27.3. The van der Waals surface area contributed by atoms with Crippen LogP contribution < -0.4 is 0 Å². The van der Waals surface area contributed by atoms with Crippen molar-refractivity contribution in [3.63, 3.8) is 0 Å². The number of aryl methyl sites for hydroxylation is 4. The number of aromatic amines is 2. The monoisotopic (exact) mass is 637 g/mol. The molecule has 4 aromatic heterocycles. The number of aliphatic imine (C=N–C) groups is 1. The SMILES string of the molecule is C=CN=C(c1cc(F)cc(CCCN2CCCC2)c1)c1cc(-c2n[nH]c3ccc(-c4cncc(CCc5ccccc5)c4)nc23)[nH]c1C. The van der Waals surface area contributed by atoms with E-state index in [0.29, 0.717) is 11.4 Å². The highest BCUT2D eigenvalue weighted by Crippen LogP contribution is 2.30. The van der Waals surface area contributed by atoms with Crippen LogP contribution in [0, 0.1) is 12.7 Å². The van der Waals surface area contributed by atoms with Gasteiger partial charge in [-0.1, -0.05) is 36.9 Å². The number of benzene rings is 2. The molecule has 1 aliphatic rings. The summed E-state index contributed by atoms with van der Waals surface area (Å²) in [6.07, 6.45) is 11.5. The number of nitrogens with one attached hydrogen (secondary N) is 2. The molecule has 2 N–H and O–H groups in total. The van der Waals surface area contributed by atoms with Crippen LogP contribution in [0.3, 0.4) is 0 Å². The van der Waals surface area contributed by atoms with Gasteiger partial charge in [0, 0.05) is 41.0 Å². The molecule has 0 aliphatic carbocycles. The van der Waals surface area contributed by atoms with E-state index in [1.807, 2.05) is 43.6 Å². The fourth-order valence-electron chi connectivity index (χ4n) is 6.71. The number of likely N-dealkylation sites (tertiary alicyclic amines) is 1. The van der Waals surface area contributed by atoms with Gasteiger partial charge in [0.1, 0.15) is 17.0 Å². The number of rotatable bonds is 12. The molecule has 1 aliphatic heterocycles. The zero-order valence-corrected chi connectivity index (χ0v) is 27.3. The molecule has 0 unspecified atom stereocenters. The summed E-state index contributed by atoms with van der Waals surface area (Å²) in [5.41, 5.74) is 11.5. The molecule has 0 bridgehead atoms. The third kappa shape index (κ3) is 7.04. The molecule has 1 fully saturated rings. The number of hydrogen-bond acceptors (Lipinski definition) is 5. The summed E-state index contributed by atoms with van der Waals surface area (Å²) in [6.45, 7) is 9.23. The van der Waals surface area contributed by atoms with Crippen molar-refractivity contribution in [2.75, 3.05) is 19.6 Å². The van der Waals surface area contributed by atoms with E-state index in [9.17, 15) is 4.39 Å². The van der Waals surface area contributed by atoms with E-state index in [2.05, 4.69) is 73.0 Å². The van der Waals surface area contributed by atoms with Gasteiger partial charge in [-0.25, -0.2) is 9.37 Å². The van der Waals surface area contributed by atoms with E-state index < -0.39 is 0 Å². The largest absolute Gasteiger partial charge is 0.357 e. The summed E-state index contributed by atoms with van der Waals surface area (Å²) < 4.78 is 15.0. The van der Waals surface area contributed by atoms with Crippen LogP contribution in [0.25, 0.3) is 33.7 Å². The number of aromatic nitrogens is 5. The van der Waals surface area contributed by atoms with Crippen LogP contribution in [-0.4, -0.2) is 55.4 Å². The number of nitrogens with zero attached hydrogens (tertiary/aromatic N) is 5. The number of hydrogen-bond donors (Lipinski definition) is 2. The average molecular weight is 638 g/mol. The molecule has 6 aromatic rings. The third-order valence-corrected chi connectivity index (χ3v) is 9.16. The van der Waals surface area contributed by atoms with Gasteiger partial charge in [0.05, 0.1) is 22.6 Å². The molecular formula is C40H40FN7. The van der Waals surface area contributed by atoms with Crippen LogP contribution in [-0.2, 0) is 19.3 Å². The number of halogens is 1. The maximum atomic E-state index is 15.0. The summed E-state index contributed by atoms with van der Waals surface area (Å²) in [6, 6.07) is 23.9. The van der Waals surface area contributed by atoms with Gasteiger partial charge < -0.3 is 9.88 Å². The van der Waals surface area contributed by atoms with Crippen molar-refractivity contribution in [3.05, 3.63) is 137 Å². The Kier molecular flexibility index (Phi) is 9.34. The Morgan fingerprint density at radius 2 is 1.77 bits per heavy atom. The Hall–Kier alpha value is -5.21. The topological polar surface area (TPSA) is 85.8 Å². The van der Waals surface area contributed by atoms with Crippen LogP contribution in [0.15, 0.2) is 103 Å². The first kappa shape index (κ1) is 31.4. The first-order chi connectivity index (χ1) is 23.5. The van der Waals surface area contributed by atoms with E-state index in [4.69, 9.17) is 4.98 Å². The van der Waals surface area contributed by atoms with Gasteiger partial charge >= 0.3 is 0 Å². The van der Waals surface area contributed by atoms with E-state index in [1.165, 1.54) is 37.7 Å². The number of fused-ring (bicyclic) bond motifs is 1. The molecule has 7 nitrogen and oxygen atoms in total. The molecule has 7 rings (SSSR count). The first-order valence-electron chi connectivity index (χ1n) is 16.8. The molecule has 48 heavy (non-hydrogen) atoms. The van der Waals surface area contributed by atoms with Crippen LogP contribution >= 0.6 is 0 Å². The lowest BCUT2D eigenvalue weighted by Gasteiger charge is -2.14. The fourth-order valence-corrected chi connectivity index (χ4v) is 6.71. The molecule has 2 aromatic carbocycles. The summed E-state index contributed by atoms with van der Waals surface area (Å²) in [5.74, 6) is -0.262. The van der Waals surface area contributed by atoms with Gasteiger partial charge in [-0.05, 0) is 124 Å². The van der Waals surface area contributed by atoms with Crippen molar-refractivity contribution in [1.82, 2.24) is 30.0 Å². The molecule has 0 spiro atoms. The molecule has 242 valence electrons. The van der Waals surface area contributed by atoms with Crippen molar-refractivity contribution in [3.8, 4) is 22.6 Å². The molecule has 0 radical (unpaired) electrons. The maximum Gasteiger partial charge on any atom is 0.135 e. The number of pyridine rings is 2. The fraction of sp³-hybridized carbons (Fsp3) is 0.250. The second-order valence-corrected chi connectivity index (χ2v) is 12.6. The quantitative estimate of drug-likeness (QED) is 0.132. The lowest BCUT2D eigenvalue weighted by molar-refractivity contribution is 0.334. The van der Waals surface area contributed by atoms with Crippen LogP contribution in [0.2, 0.25) is 0 Å². The van der Waals surface area contributed by atoms with E-state index in [1.54, 1.807) is 12.1 Å². The highest BCUT2D eigenvalue weighted by Gasteiger charge is 2.19. The standard InChI is InChI=1S/C40H40FN7/c1-3-43-38(31-20-29(22-33(41)23-31)12-9-19-48-17-7-8-18-48)34-24-37(44-27(34)2)40-39-36(46-47-40)16-15-35(45-39)32-21-30(25-42-26-32)14-13-28-10-5-4-6-11-28/h3-6,10-11,15-16,20-26,44H,1,7-9,12-14,17-19H2,2H3,(H,46,47). The molecule has 0 amide bonds. The lowest BCUT2D eigenvalue weighted by atomic mass is 9.98. The smallest absolute Gasteiger partial charge is 0.135 e. The minimum Gasteiger partial charge on any atom is -0.357 e. The predicted octanol–water partition coefficient (Wildman–Crippen LogP) is 8.26. The van der Waals surface area contributed by atoms with Gasteiger partial charge in [-0.3, -0.25) is 15.1 Å². The Morgan fingerprint density at radius 3 is 2.60 bits per heavy atom. The van der Waals surface area contributed by atoms with Crippen LogP contribution in [0.4, 0.5) is 4.39 Å². The average Bonchev–Trinajstić information content (AvgIpc) is 3.87. The van der Waals surface area contributed by atoms with Gasteiger partial charge in [0.15, 0.2) is 0 Å². The molecule has 0 saturated carbocycles. The molecule has 1 saturated heterocycles. The second-order valence-electron chi connectivity index (χ2n) is 12.6. The van der Waals surface area contributed by atoms with Crippen LogP contribution in [0.1, 0.15) is 52.8 Å². The Labute approximate surface area is 280 Å². The van der Waals surface area contributed by atoms with Crippen molar-refractivity contribution < 1.29 is 4.39 Å². The summed E-state index contributed by atoms with van der Waals surface area (Å²) in [7, 11) is 0. The minimum atomic E-state index is -0.262. The van der Waals surface area contributed by atoms with Gasteiger partial charge in [0.25, 0.3) is 0 Å². The normalized spacial score (nSPS) is 13.8. The second kappa shape index (κ2) is 14.3. The molecule has 5 heterocycles. The van der Waals surface area contributed by atoms with Gasteiger partial charge in [-0.2, -0.15) is 5.10 Å². The van der Waals surface area contributed by atoms with Gasteiger partial charge in [0.2, 0.25) is 0 Å². The molecular weight excluding hydrogens is 597 g/mol. The highest BCUT2D eigenvalue weighted by molar-refractivity contribution is 6.14. The van der Waals surface area contributed by atoms with Crippen LogP contribution in [0.5, 0.6) is 0 Å². The summed E-state index contributed by atoms with van der Waals surface area (Å²) in [4.78, 5) is 20.2. The molecule has 0 atom stereocenters. The summed E-state index contributed by atoms with van der Waals surface area (Å²) in [5, 5.41) is 7.79. The predicted molar refractivity (Wildman–Crippen MR) is 192 cm³/mol. The van der Waals surface area contributed by atoms with Crippen molar-refractivity contribution in [1.29, 1.82) is 0 Å². The first-order valence-corrected chi connectivity index (χ1v) is 16.8. The lowest BCUT2D eigenvalue weighted by Crippen LogP contribution is -2.20. The van der Waals surface area contributed by atoms with E-state index >= 15 is 0 Å². The molecule has 8 heteroatoms. The Morgan fingerprint density at radius 1 is 0.938 bits per heavy atom. The van der Waals surface area contributed by atoms with E-state index in [-0.39, 0.29) is 5.82 Å². The van der Waals surface area contributed by atoms with Crippen molar-refractivity contribution in [2.45, 2.75) is 45.4 Å². The van der Waals surface area contributed by atoms with Gasteiger partial charge in [-0.15, -0.1) is 0 Å². The minimum absolute atomic E-state index is 0.262. The maximum absolute atomic E-state index is 15.0. The van der Waals surface area contributed by atoms with E-state index in [0.717, 1.165) is 88.2 Å². The zero-order chi connectivity index (χ0) is 32.9. The Bertz CT molecular complexity index is 2070. The highest BCUT2D eigenvalue weighted by atomic mass is 19.1. The van der Waals surface area contributed by atoms with Crippen molar-refractivity contribution in [2.24, 2.45) is 4.99 Å². The van der Waals surface area contributed by atoms with Crippen molar-refractivity contribution >= 4 is 16.7 Å². The number of H-pyrrole nitrogens is 2.